The van der Waals surface area contributed by atoms with Gasteiger partial charge in [0.25, 0.3) is 0 Å². The third-order valence-corrected chi connectivity index (χ3v) is 5.22. The highest BCUT2D eigenvalue weighted by Gasteiger charge is 2.36. The van der Waals surface area contributed by atoms with Crippen molar-refractivity contribution >= 4 is 0 Å². The minimum absolute atomic E-state index is 0.474. The quantitative estimate of drug-likeness (QED) is 0.831. The van der Waals surface area contributed by atoms with Crippen LogP contribution in [-0.2, 0) is 4.74 Å². The molecular weight excluding hydrogens is 224 g/mol. The lowest BCUT2D eigenvalue weighted by atomic mass is 9.85. The molecular formula is C15H28N2O. The molecule has 4 unspecified atom stereocenters. The highest BCUT2D eigenvalue weighted by Crippen LogP contribution is 2.33. The zero-order valence-corrected chi connectivity index (χ0v) is 11.7. The first kappa shape index (κ1) is 12.9. The first-order chi connectivity index (χ1) is 8.85. The van der Waals surface area contributed by atoms with Gasteiger partial charge >= 0.3 is 0 Å². The van der Waals surface area contributed by atoms with E-state index >= 15 is 0 Å². The molecule has 2 aliphatic heterocycles. The number of piperidine rings is 1. The highest BCUT2D eigenvalue weighted by molar-refractivity contribution is 4.94. The molecule has 0 radical (unpaired) electrons. The maximum atomic E-state index is 5.52. The van der Waals surface area contributed by atoms with Gasteiger partial charge in [0.15, 0.2) is 0 Å². The number of methoxy groups -OCH3 is 1. The van der Waals surface area contributed by atoms with Gasteiger partial charge in [-0.05, 0) is 44.6 Å². The summed E-state index contributed by atoms with van der Waals surface area (Å²) in [6, 6.07) is 1.58. The Labute approximate surface area is 111 Å². The zero-order chi connectivity index (χ0) is 12.4. The van der Waals surface area contributed by atoms with E-state index in [2.05, 4.69) is 10.2 Å². The van der Waals surface area contributed by atoms with Crippen molar-refractivity contribution in [2.24, 2.45) is 5.92 Å². The van der Waals surface area contributed by atoms with Crippen LogP contribution in [0.4, 0.5) is 0 Å². The molecule has 3 heteroatoms. The predicted octanol–water partition coefficient (Wildman–Crippen LogP) is 2.02. The van der Waals surface area contributed by atoms with Crippen molar-refractivity contribution in [1.29, 1.82) is 0 Å². The van der Waals surface area contributed by atoms with Gasteiger partial charge in [0.1, 0.15) is 0 Å². The Kier molecular flexibility index (Phi) is 4.22. The fourth-order valence-corrected chi connectivity index (χ4v) is 4.26. The summed E-state index contributed by atoms with van der Waals surface area (Å²) in [6.45, 7) is 3.66. The molecule has 3 rings (SSSR count). The second-order valence-corrected chi connectivity index (χ2v) is 6.51. The van der Waals surface area contributed by atoms with Crippen LogP contribution in [0.25, 0.3) is 0 Å². The molecule has 18 heavy (non-hydrogen) atoms. The van der Waals surface area contributed by atoms with Crippen LogP contribution < -0.4 is 5.32 Å². The molecule has 1 N–H and O–H groups in total. The number of fused-ring (bicyclic) bond motifs is 1. The van der Waals surface area contributed by atoms with Crippen LogP contribution in [0.1, 0.15) is 44.9 Å². The Morgan fingerprint density at radius 2 is 2.06 bits per heavy atom. The summed E-state index contributed by atoms with van der Waals surface area (Å²) >= 11 is 0. The summed E-state index contributed by atoms with van der Waals surface area (Å²) in [7, 11) is 1.86. The van der Waals surface area contributed by atoms with E-state index in [-0.39, 0.29) is 0 Å². The fourth-order valence-electron chi connectivity index (χ4n) is 4.26. The van der Waals surface area contributed by atoms with Gasteiger partial charge < -0.3 is 10.1 Å². The molecule has 0 aromatic heterocycles. The van der Waals surface area contributed by atoms with E-state index in [9.17, 15) is 0 Å². The van der Waals surface area contributed by atoms with Crippen molar-refractivity contribution in [2.75, 3.05) is 26.7 Å². The van der Waals surface area contributed by atoms with Crippen LogP contribution in [0.3, 0.4) is 0 Å². The number of nitrogens with zero attached hydrogens (tertiary/aromatic N) is 1. The number of rotatable bonds is 3. The molecule has 1 aliphatic carbocycles. The molecule has 4 atom stereocenters. The Bertz CT molecular complexity index is 257. The second kappa shape index (κ2) is 5.89. The summed E-state index contributed by atoms with van der Waals surface area (Å²) in [6.07, 6.45) is 10.2. The molecule has 0 aromatic rings. The molecule has 0 aromatic carbocycles. The molecule has 0 bridgehead atoms. The third-order valence-electron chi connectivity index (χ3n) is 5.22. The van der Waals surface area contributed by atoms with Crippen molar-refractivity contribution in [1.82, 2.24) is 10.2 Å². The van der Waals surface area contributed by atoms with Gasteiger partial charge in [-0.25, -0.2) is 0 Å². The third kappa shape index (κ3) is 2.89. The summed E-state index contributed by atoms with van der Waals surface area (Å²) in [5.41, 5.74) is 0. The van der Waals surface area contributed by atoms with E-state index in [1.807, 2.05) is 7.11 Å². The van der Waals surface area contributed by atoms with Crippen molar-refractivity contribution in [2.45, 2.75) is 63.1 Å². The van der Waals surface area contributed by atoms with Gasteiger partial charge in [-0.1, -0.05) is 12.8 Å². The molecule has 3 fully saturated rings. The van der Waals surface area contributed by atoms with E-state index < -0.39 is 0 Å². The predicted molar refractivity (Wildman–Crippen MR) is 73.8 cm³/mol. The number of ether oxygens (including phenoxy) is 1. The first-order valence-electron chi connectivity index (χ1n) is 7.86. The largest absolute Gasteiger partial charge is 0.380 e. The lowest BCUT2D eigenvalue weighted by Crippen LogP contribution is -2.46. The number of hydrogen-bond acceptors (Lipinski definition) is 3. The van der Waals surface area contributed by atoms with Crippen molar-refractivity contribution in [3.8, 4) is 0 Å². The topological polar surface area (TPSA) is 24.5 Å². The van der Waals surface area contributed by atoms with Crippen molar-refractivity contribution in [3.05, 3.63) is 0 Å². The SMILES string of the molecule is COC1CCCN(CC2CC3CCCCC3N2)C1. The Balaban J connectivity index is 1.48. The fraction of sp³-hybridized carbons (Fsp3) is 1.00. The van der Waals surface area contributed by atoms with Gasteiger partial charge in [-0.15, -0.1) is 0 Å². The van der Waals surface area contributed by atoms with Gasteiger partial charge in [0.05, 0.1) is 6.10 Å². The number of nitrogens with one attached hydrogen (secondary N) is 1. The Morgan fingerprint density at radius 1 is 1.17 bits per heavy atom. The minimum atomic E-state index is 0.474. The van der Waals surface area contributed by atoms with E-state index in [0.717, 1.165) is 24.5 Å². The van der Waals surface area contributed by atoms with E-state index in [1.165, 1.54) is 58.0 Å². The highest BCUT2D eigenvalue weighted by atomic mass is 16.5. The van der Waals surface area contributed by atoms with Crippen molar-refractivity contribution in [3.63, 3.8) is 0 Å². The summed E-state index contributed by atoms with van der Waals surface area (Å²) < 4.78 is 5.52. The standard InChI is InChI=1S/C15H28N2O/c1-18-14-6-4-8-17(11-14)10-13-9-12-5-2-3-7-15(12)16-13/h12-16H,2-11H2,1H3. The molecule has 104 valence electrons. The van der Waals surface area contributed by atoms with Gasteiger partial charge in [-0.2, -0.15) is 0 Å². The maximum absolute atomic E-state index is 5.52. The second-order valence-electron chi connectivity index (χ2n) is 6.51. The Hall–Kier alpha value is -0.120. The molecule has 0 amide bonds. The lowest BCUT2D eigenvalue weighted by molar-refractivity contribution is 0.0286. The first-order valence-corrected chi connectivity index (χ1v) is 7.86. The van der Waals surface area contributed by atoms with Gasteiger partial charge in [0.2, 0.25) is 0 Å². The van der Waals surface area contributed by atoms with E-state index in [4.69, 9.17) is 4.74 Å². The lowest BCUT2D eigenvalue weighted by Gasteiger charge is -2.33. The average molecular weight is 252 g/mol. The number of hydrogen-bond donors (Lipinski definition) is 1. The monoisotopic (exact) mass is 252 g/mol. The van der Waals surface area contributed by atoms with Crippen molar-refractivity contribution < 1.29 is 4.74 Å². The van der Waals surface area contributed by atoms with Crippen LogP contribution in [0.5, 0.6) is 0 Å². The van der Waals surface area contributed by atoms with E-state index in [1.54, 1.807) is 0 Å². The van der Waals surface area contributed by atoms with Crippen LogP contribution in [0.2, 0.25) is 0 Å². The van der Waals surface area contributed by atoms with Crippen LogP contribution in [0, 0.1) is 5.92 Å². The summed E-state index contributed by atoms with van der Waals surface area (Å²) in [4.78, 5) is 2.62. The maximum Gasteiger partial charge on any atom is 0.0698 e. The molecule has 0 spiro atoms. The molecule has 2 saturated heterocycles. The smallest absolute Gasteiger partial charge is 0.0698 e. The summed E-state index contributed by atoms with van der Waals surface area (Å²) in [5, 5.41) is 3.89. The van der Waals surface area contributed by atoms with Crippen LogP contribution in [0.15, 0.2) is 0 Å². The van der Waals surface area contributed by atoms with Crippen LogP contribution in [-0.4, -0.2) is 49.8 Å². The Morgan fingerprint density at radius 3 is 2.89 bits per heavy atom. The number of likely N-dealkylation sites (tertiary alicyclic amines) is 1. The zero-order valence-electron chi connectivity index (χ0n) is 11.7. The average Bonchev–Trinajstić information content (AvgIpc) is 2.81. The van der Waals surface area contributed by atoms with E-state index in [0.29, 0.717) is 6.10 Å². The van der Waals surface area contributed by atoms with Crippen LogP contribution >= 0.6 is 0 Å². The summed E-state index contributed by atoms with van der Waals surface area (Å²) in [5.74, 6) is 0.978. The molecule has 1 saturated carbocycles. The van der Waals surface area contributed by atoms with Gasteiger partial charge in [-0.3, -0.25) is 4.90 Å². The molecule has 2 heterocycles. The minimum Gasteiger partial charge on any atom is -0.380 e. The molecule has 3 aliphatic rings. The van der Waals surface area contributed by atoms with Gasteiger partial charge in [0, 0.05) is 32.3 Å². The normalized spacial score (nSPS) is 41.8. The molecule has 3 nitrogen and oxygen atoms in total.